The van der Waals surface area contributed by atoms with E-state index in [1.54, 1.807) is 6.20 Å². The molecule has 1 aromatic rings. The molecular formula is C22H30N4O4. The number of hydrogen-bond acceptors (Lipinski definition) is 6. The largest absolute Gasteiger partial charge is 0.481 e. The number of anilines is 1. The summed E-state index contributed by atoms with van der Waals surface area (Å²) >= 11 is 0. The van der Waals surface area contributed by atoms with Gasteiger partial charge in [-0.2, -0.15) is 0 Å². The Morgan fingerprint density at radius 1 is 1.07 bits per heavy atom. The van der Waals surface area contributed by atoms with Crippen molar-refractivity contribution < 1.29 is 19.5 Å². The van der Waals surface area contributed by atoms with Crippen molar-refractivity contribution in [3.8, 4) is 0 Å². The van der Waals surface area contributed by atoms with Gasteiger partial charge in [-0.15, -0.1) is 0 Å². The molecule has 2 N–H and O–H groups in total. The molecule has 3 fully saturated rings. The molecule has 1 atom stereocenters. The highest BCUT2D eigenvalue weighted by molar-refractivity contribution is 6.00. The standard InChI is InChI=1S/C22H30N4O4/c27-20-2-1-19(21(28)24-20)17-11-18(13-23-12-17)26-9-3-15(4-10-26)14-25-7-5-16(6-8-25)22(29)30/h11-13,15-16,19H,1-10,14H2,(H,29,30)(H,24,27,28). The number of amides is 2. The molecule has 0 spiro atoms. The summed E-state index contributed by atoms with van der Waals surface area (Å²) in [7, 11) is 0. The molecule has 3 aliphatic heterocycles. The van der Waals surface area contributed by atoms with Crippen molar-refractivity contribution in [3.05, 3.63) is 24.0 Å². The van der Waals surface area contributed by atoms with Gasteiger partial charge in [-0.1, -0.05) is 0 Å². The van der Waals surface area contributed by atoms with Crippen molar-refractivity contribution in [2.75, 3.05) is 37.6 Å². The Kier molecular flexibility index (Phi) is 6.32. The van der Waals surface area contributed by atoms with Crippen molar-refractivity contribution in [2.45, 2.75) is 44.4 Å². The predicted octanol–water partition coefficient (Wildman–Crippen LogP) is 1.61. The minimum absolute atomic E-state index is 0.174. The van der Waals surface area contributed by atoms with E-state index in [2.05, 4.69) is 20.1 Å². The third-order valence-corrected chi connectivity index (χ3v) is 6.82. The lowest BCUT2D eigenvalue weighted by molar-refractivity contribution is -0.143. The molecule has 8 nitrogen and oxygen atoms in total. The van der Waals surface area contributed by atoms with E-state index in [4.69, 9.17) is 5.11 Å². The molecule has 0 bridgehead atoms. The van der Waals surface area contributed by atoms with Crippen LogP contribution in [0.3, 0.4) is 0 Å². The fraction of sp³-hybridized carbons (Fsp3) is 0.636. The van der Waals surface area contributed by atoms with Gasteiger partial charge in [-0.25, -0.2) is 0 Å². The Balaban J connectivity index is 1.29. The second kappa shape index (κ2) is 9.12. The zero-order valence-corrected chi connectivity index (χ0v) is 17.3. The number of hydrogen-bond donors (Lipinski definition) is 2. The summed E-state index contributed by atoms with van der Waals surface area (Å²) in [5.41, 5.74) is 1.92. The van der Waals surface area contributed by atoms with E-state index in [1.807, 2.05) is 12.3 Å². The number of carboxylic acids is 1. The summed E-state index contributed by atoms with van der Waals surface area (Å²) in [5, 5.41) is 11.6. The van der Waals surface area contributed by atoms with Crippen LogP contribution in [0.15, 0.2) is 18.5 Å². The van der Waals surface area contributed by atoms with E-state index in [0.717, 1.165) is 69.7 Å². The number of carbonyl (C=O) groups is 3. The molecule has 4 heterocycles. The van der Waals surface area contributed by atoms with Gasteiger partial charge in [0.2, 0.25) is 11.8 Å². The maximum Gasteiger partial charge on any atom is 0.306 e. The van der Waals surface area contributed by atoms with Crippen molar-refractivity contribution >= 4 is 23.5 Å². The van der Waals surface area contributed by atoms with Crippen LogP contribution >= 0.6 is 0 Å². The lowest BCUT2D eigenvalue weighted by Crippen LogP contribution is -2.42. The molecule has 0 aliphatic carbocycles. The van der Waals surface area contributed by atoms with Crippen molar-refractivity contribution in [1.82, 2.24) is 15.2 Å². The zero-order valence-electron chi connectivity index (χ0n) is 17.3. The Morgan fingerprint density at radius 3 is 2.47 bits per heavy atom. The SMILES string of the molecule is O=C1CCC(c2cncc(N3CCC(CN4CCC(C(=O)O)CC4)CC3)c2)C(=O)N1. The number of pyridine rings is 1. The quantitative estimate of drug-likeness (QED) is 0.706. The molecular weight excluding hydrogens is 384 g/mol. The number of piperidine rings is 3. The van der Waals surface area contributed by atoms with E-state index in [1.165, 1.54) is 0 Å². The van der Waals surface area contributed by atoms with Gasteiger partial charge in [0.15, 0.2) is 0 Å². The number of imide groups is 1. The molecule has 0 radical (unpaired) electrons. The topological polar surface area (TPSA) is 103 Å². The first-order valence-electron chi connectivity index (χ1n) is 11.0. The van der Waals surface area contributed by atoms with E-state index in [9.17, 15) is 14.4 Å². The molecule has 0 saturated carbocycles. The van der Waals surface area contributed by atoms with Crippen LogP contribution in [0.2, 0.25) is 0 Å². The highest BCUT2D eigenvalue weighted by Crippen LogP contribution is 2.29. The van der Waals surface area contributed by atoms with Gasteiger partial charge >= 0.3 is 5.97 Å². The average molecular weight is 415 g/mol. The number of carbonyl (C=O) groups excluding carboxylic acids is 2. The lowest BCUT2D eigenvalue weighted by Gasteiger charge is -2.38. The first kappa shape index (κ1) is 20.8. The Hall–Kier alpha value is -2.48. The van der Waals surface area contributed by atoms with Gasteiger partial charge in [0.05, 0.1) is 23.7 Å². The zero-order chi connectivity index (χ0) is 21.1. The minimum Gasteiger partial charge on any atom is -0.481 e. The Morgan fingerprint density at radius 2 is 1.80 bits per heavy atom. The Labute approximate surface area is 176 Å². The second-order valence-electron chi connectivity index (χ2n) is 8.82. The molecule has 4 rings (SSSR count). The smallest absolute Gasteiger partial charge is 0.306 e. The maximum atomic E-state index is 12.2. The van der Waals surface area contributed by atoms with Crippen LogP contribution in [0.4, 0.5) is 5.69 Å². The predicted molar refractivity (Wildman–Crippen MR) is 111 cm³/mol. The fourth-order valence-corrected chi connectivity index (χ4v) is 4.92. The summed E-state index contributed by atoms with van der Waals surface area (Å²) in [4.78, 5) is 43.8. The van der Waals surface area contributed by atoms with E-state index < -0.39 is 5.97 Å². The number of aliphatic carboxylic acids is 1. The van der Waals surface area contributed by atoms with E-state index in [0.29, 0.717) is 18.8 Å². The second-order valence-corrected chi connectivity index (χ2v) is 8.82. The summed E-state index contributed by atoms with van der Waals surface area (Å²) in [6, 6.07) is 2.05. The molecule has 8 heteroatoms. The maximum absolute atomic E-state index is 12.2. The number of carboxylic acid groups (broad SMARTS) is 1. The lowest BCUT2D eigenvalue weighted by atomic mass is 9.91. The number of likely N-dealkylation sites (tertiary alicyclic amines) is 1. The number of aromatic nitrogens is 1. The van der Waals surface area contributed by atoms with Gasteiger partial charge in [-0.05, 0) is 62.7 Å². The van der Waals surface area contributed by atoms with Crippen molar-refractivity contribution in [1.29, 1.82) is 0 Å². The van der Waals surface area contributed by atoms with Gasteiger partial charge in [0.25, 0.3) is 0 Å². The highest BCUT2D eigenvalue weighted by atomic mass is 16.4. The van der Waals surface area contributed by atoms with Crippen LogP contribution in [0, 0.1) is 11.8 Å². The third kappa shape index (κ3) is 4.80. The molecule has 2 amide bonds. The molecule has 30 heavy (non-hydrogen) atoms. The molecule has 0 aromatic carbocycles. The first-order valence-corrected chi connectivity index (χ1v) is 11.0. The van der Waals surface area contributed by atoms with Crippen LogP contribution in [0.5, 0.6) is 0 Å². The monoisotopic (exact) mass is 414 g/mol. The molecule has 1 unspecified atom stereocenters. The first-order chi connectivity index (χ1) is 14.5. The molecule has 3 saturated heterocycles. The molecule has 3 aliphatic rings. The summed E-state index contributed by atoms with van der Waals surface area (Å²) < 4.78 is 0. The molecule has 162 valence electrons. The van der Waals surface area contributed by atoms with Crippen molar-refractivity contribution in [2.24, 2.45) is 11.8 Å². The fourth-order valence-electron chi connectivity index (χ4n) is 4.92. The minimum atomic E-state index is -0.656. The summed E-state index contributed by atoms with van der Waals surface area (Å²) in [6.45, 7) is 4.73. The van der Waals surface area contributed by atoms with E-state index in [-0.39, 0.29) is 23.7 Å². The van der Waals surface area contributed by atoms with Crippen LogP contribution < -0.4 is 10.2 Å². The number of rotatable bonds is 5. The van der Waals surface area contributed by atoms with Crippen LogP contribution in [0.1, 0.15) is 50.0 Å². The number of nitrogens with one attached hydrogen (secondary N) is 1. The van der Waals surface area contributed by atoms with Crippen molar-refractivity contribution in [3.63, 3.8) is 0 Å². The van der Waals surface area contributed by atoms with Gasteiger partial charge in [0, 0.05) is 32.3 Å². The summed E-state index contributed by atoms with van der Waals surface area (Å²) in [5.74, 6) is -0.927. The summed E-state index contributed by atoms with van der Waals surface area (Å²) in [6.07, 6.45) is 8.21. The molecule has 1 aromatic heterocycles. The third-order valence-electron chi connectivity index (χ3n) is 6.82. The van der Waals surface area contributed by atoms with E-state index >= 15 is 0 Å². The van der Waals surface area contributed by atoms with Gasteiger partial charge in [-0.3, -0.25) is 24.7 Å². The van der Waals surface area contributed by atoms with Gasteiger partial charge in [0.1, 0.15) is 0 Å². The average Bonchev–Trinajstić information content (AvgIpc) is 2.75. The Bertz CT molecular complexity index is 798. The normalized spacial score (nSPS) is 24.7. The van der Waals surface area contributed by atoms with Crippen LogP contribution in [-0.4, -0.2) is 65.5 Å². The van der Waals surface area contributed by atoms with Gasteiger partial charge < -0.3 is 14.9 Å². The van der Waals surface area contributed by atoms with Crippen LogP contribution in [-0.2, 0) is 14.4 Å². The van der Waals surface area contributed by atoms with Crippen LogP contribution in [0.25, 0.3) is 0 Å². The number of nitrogens with zero attached hydrogens (tertiary/aromatic N) is 3. The highest BCUT2D eigenvalue weighted by Gasteiger charge is 2.30.